The summed E-state index contributed by atoms with van der Waals surface area (Å²) in [7, 11) is 0. The molecule has 1 rings (SSSR count). The van der Waals surface area contributed by atoms with Crippen molar-refractivity contribution < 1.29 is 14.3 Å². The van der Waals surface area contributed by atoms with Crippen molar-refractivity contribution in [3.05, 3.63) is 21.3 Å². The Labute approximate surface area is 120 Å². The highest BCUT2D eigenvalue weighted by atomic mass is 35.5. The number of hydrogen-bond acceptors (Lipinski definition) is 4. The molecule has 0 amide bonds. The van der Waals surface area contributed by atoms with Gasteiger partial charge in [0.1, 0.15) is 5.02 Å². The molecule has 0 spiro atoms. The number of hydrogen-bond donors (Lipinski definition) is 0. The van der Waals surface area contributed by atoms with Crippen molar-refractivity contribution in [3.63, 3.8) is 0 Å². The quantitative estimate of drug-likeness (QED) is 0.456. The Morgan fingerprint density at radius 3 is 2.72 bits per heavy atom. The molecule has 1 aromatic rings. The molecule has 100 valence electrons. The van der Waals surface area contributed by atoms with Gasteiger partial charge in [0.15, 0.2) is 11.8 Å². The lowest BCUT2D eigenvalue weighted by molar-refractivity contribution is -0.146. The van der Waals surface area contributed by atoms with Crippen LogP contribution in [0.4, 0.5) is 0 Å². The summed E-state index contributed by atoms with van der Waals surface area (Å²) >= 11 is 17.2. The van der Waals surface area contributed by atoms with E-state index in [1.165, 1.54) is 6.07 Å². The van der Waals surface area contributed by atoms with Gasteiger partial charge < -0.3 is 9.47 Å². The Morgan fingerprint density at radius 2 is 2.06 bits per heavy atom. The molecule has 7 heteroatoms. The number of aromatic nitrogens is 1. The molecule has 0 bridgehead atoms. The summed E-state index contributed by atoms with van der Waals surface area (Å²) in [6.07, 6.45) is 1.77. The average molecular weight is 313 g/mol. The molecule has 0 aliphatic heterocycles. The maximum atomic E-state index is 11.3. The van der Waals surface area contributed by atoms with Crippen LogP contribution in [0.5, 0.6) is 5.88 Å². The van der Waals surface area contributed by atoms with E-state index < -0.39 is 5.97 Å². The molecule has 1 aromatic heterocycles. The van der Waals surface area contributed by atoms with Crippen LogP contribution in [0.3, 0.4) is 0 Å². The Kier molecular flexibility index (Phi) is 6.54. The van der Waals surface area contributed by atoms with Gasteiger partial charge in [-0.1, -0.05) is 48.1 Å². The Balaban J connectivity index is 2.48. The molecule has 0 aromatic carbocycles. The normalized spacial score (nSPS) is 10.2. The molecule has 0 radical (unpaired) electrons. The first kappa shape index (κ1) is 15.3. The van der Waals surface area contributed by atoms with Crippen LogP contribution in [0, 0.1) is 0 Å². The van der Waals surface area contributed by atoms with Gasteiger partial charge in [0, 0.05) is 0 Å². The van der Waals surface area contributed by atoms with E-state index >= 15 is 0 Å². The largest absolute Gasteiger partial charge is 0.465 e. The fourth-order valence-corrected chi connectivity index (χ4v) is 1.57. The van der Waals surface area contributed by atoms with E-state index in [1.54, 1.807) is 0 Å². The standard InChI is InChI=1S/C11H12Cl3NO3/c1-2-3-4-17-9(16)6-18-11-8(13)5-7(12)10(14)15-11/h5H,2-4,6H2,1H3. The minimum absolute atomic E-state index is 0.0542. The van der Waals surface area contributed by atoms with Crippen molar-refractivity contribution in [1.29, 1.82) is 0 Å². The predicted molar refractivity (Wildman–Crippen MR) is 70.6 cm³/mol. The molecule has 4 nitrogen and oxygen atoms in total. The van der Waals surface area contributed by atoms with Gasteiger partial charge in [0.25, 0.3) is 0 Å². The van der Waals surface area contributed by atoms with Gasteiger partial charge in [-0.15, -0.1) is 0 Å². The first-order valence-electron chi connectivity index (χ1n) is 5.34. The highest BCUT2D eigenvalue weighted by Crippen LogP contribution is 2.30. The lowest BCUT2D eigenvalue weighted by Gasteiger charge is -2.08. The van der Waals surface area contributed by atoms with E-state index in [4.69, 9.17) is 44.3 Å². The molecule has 0 unspecified atom stereocenters. The Bertz CT molecular complexity index is 426. The third-order valence-electron chi connectivity index (χ3n) is 1.94. The molecule has 0 fully saturated rings. The number of unbranched alkanes of at least 4 members (excludes halogenated alkanes) is 1. The number of carbonyl (C=O) groups excluding carboxylic acids is 1. The van der Waals surface area contributed by atoms with E-state index in [-0.39, 0.29) is 27.7 Å². The maximum Gasteiger partial charge on any atom is 0.344 e. The van der Waals surface area contributed by atoms with Crippen LogP contribution in [0.25, 0.3) is 0 Å². The van der Waals surface area contributed by atoms with Crippen molar-refractivity contribution in [2.75, 3.05) is 13.2 Å². The second kappa shape index (κ2) is 7.67. The zero-order valence-electron chi connectivity index (χ0n) is 9.71. The van der Waals surface area contributed by atoms with Gasteiger partial charge in [-0.3, -0.25) is 0 Å². The summed E-state index contributed by atoms with van der Waals surface area (Å²) < 4.78 is 10.0. The zero-order valence-corrected chi connectivity index (χ0v) is 12.0. The van der Waals surface area contributed by atoms with Crippen LogP contribution in [-0.4, -0.2) is 24.2 Å². The van der Waals surface area contributed by atoms with E-state index in [2.05, 4.69) is 4.98 Å². The fourth-order valence-electron chi connectivity index (χ4n) is 1.03. The molecule has 0 saturated carbocycles. The summed E-state index contributed by atoms with van der Waals surface area (Å²) in [5.74, 6) is -0.425. The number of esters is 1. The minimum atomic E-state index is -0.479. The monoisotopic (exact) mass is 311 g/mol. The van der Waals surface area contributed by atoms with Crippen LogP contribution in [0.1, 0.15) is 19.8 Å². The van der Waals surface area contributed by atoms with Gasteiger partial charge in [0.2, 0.25) is 5.88 Å². The number of ether oxygens (including phenoxy) is 2. The number of nitrogens with zero attached hydrogens (tertiary/aromatic N) is 1. The van der Waals surface area contributed by atoms with E-state index in [9.17, 15) is 4.79 Å². The van der Waals surface area contributed by atoms with Crippen LogP contribution in [0.15, 0.2) is 6.07 Å². The lowest BCUT2D eigenvalue weighted by atomic mass is 10.4. The van der Waals surface area contributed by atoms with Crippen LogP contribution < -0.4 is 4.74 Å². The molecule has 0 saturated heterocycles. The van der Waals surface area contributed by atoms with Gasteiger partial charge in [-0.25, -0.2) is 4.79 Å². The van der Waals surface area contributed by atoms with Crippen molar-refractivity contribution in [2.45, 2.75) is 19.8 Å². The van der Waals surface area contributed by atoms with Crippen LogP contribution in [-0.2, 0) is 9.53 Å². The Hall–Kier alpha value is -0.710. The number of rotatable bonds is 6. The summed E-state index contributed by atoms with van der Waals surface area (Å²) in [5, 5.41) is 0.473. The second-order valence-corrected chi connectivity index (χ2v) is 4.58. The van der Waals surface area contributed by atoms with E-state index in [0.29, 0.717) is 6.61 Å². The van der Waals surface area contributed by atoms with E-state index in [1.807, 2.05) is 6.92 Å². The zero-order chi connectivity index (χ0) is 13.5. The van der Waals surface area contributed by atoms with Crippen LogP contribution >= 0.6 is 34.8 Å². The van der Waals surface area contributed by atoms with Gasteiger partial charge >= 0.3 is 5.97 Å². The molecule has 18 heavy (non-hydrogen) atoms. The summed E-state index contributed by atoms with van der Waals surface area (Å²) in [4.78, 5) is 15.1. The lowest BCUT2D eigenvalue weighted by Crippen LogP contribution is -2.16. The van der Waals surface area contributed by atoms with Crippen LogP contribution in [0.2, 0.25) is 15.2 Å². The predicted octanol–water partition coefficient (Wildman–Crippen LogP) is 3.76. The number of pyridine rings is 1. The minimum Gasteiger partial charge on any atom is -0.465 e. The molecule has 1 heterocycles. The highest BCUT2D eigenvalue weighted by molar-refractivity contribution is 6.42. The molecule has 0 N–H and O–H groups in total. The van der Waals surface area contributed by atoms with Gasteiger partial charge in [-0.2, -0.15) is 4.98 Å². The SMILES string of the molecule is CCCCOC(=O)COc1nc(Cl)c(Cl)cc1Cl. The third-order valence-corrected chi connectivity index (χ3v) is 2.89. The molecular weight excluding hydrogens is 300 g/mol. The average Bonchev–Trinajstić information content (AvgIpc) is 2.32. The first-order valence-corrected chi connectivity index (χ1v) is 6.48. The van der Waals surface area contributed by atoms with E-state index in [0.717, 1.165) is 12.8 Å². The third kappa shape index (κ3) is 4.88. The van der Waals surface area contributed by atoms with Crippen molar-refractivity contribution in [1.82, 2.24) is 4.98 Å². The molecular formula is C11H12Cl3NO3. The van der Waals surface area contributed by atoms with Crippen molar-refractivity contribution in [3.8, 4) is 5.88 Å². The van der Waals surface area contributed by atoms with Gasteiger partial charge in [0.05, 0.1) is 11.6 Å². The molecule has 0 atom stereocenters. The Morgan fingerprint density at radius 1 is 1.33 bits per heavy atom. The topological polar surface area (TPSA) is 48.4 Å². The van der Waals surface area contributed by atoms with Crippen molar-refractivity contribution >= 4 is 40.8 Å². The van der Waals surface area contributed by atoms with Crippen molar-refractivity contribution in [2.24, 2.45) is 0 Å². The molecule has 0 aliphatic rings. The summed E-state index contributed by atoms with van der Waals surface area (Å²) in [5.41, 5.74) is 0. The first-order chi connectivity index (χ1) is 8.54. The number of carbonyl (C=O) groups is 1. The highest BCUT2D eigenvalue weighted by Gasteiger charge is 2.11. The summed E-state index contributed by atoms with van der Waals surface area (Å²) in [6, 6.07) is 1.40. The second-order valence-electron chi connectivity index (χ2n) is 3.41. The fraction of sp³-hybridized carbons (Fsp3) is 0.455. The van der Waals surface area contributed by atoms with Gasteiger partial charge in [-0.05, 0) is 12.5 Å². The smallest absolute Gasteiger partial charge is 0.344 e. The number of halogens is 3. The molecule has 0 aliphatic carbocycles. The maximum absolute atomic E-state index is 11.3. The summed E-state index contributed by atoms with van der Waals surface area (Å²) in [6.45, 7) is 2.11.